The van der Waals surface area contributed by atoms with E-state index in [9.17, 15) is 4.79 Å². The summed E-state index contributed by atoms with van der Waals surface area (Å²) in [6.07, 6.45) is 4.13. The Bertz CT molecular complexity index is 531. The van der Waals surface area contributed by atoms with Gasteiger partial charge in [0.1, 0.15) is 0 Å². The number of anilines is 2. The Hall–Kier alpha value is -1.22. The molecule has 1 amide bonds. The van der Waals surface area contributed by atoms with Gasteiger partial charge in [-0.2, -0.15) is 0 Å². The molecule has 20 heavy (non-hydrogen) atoms. The molecular formula is C16H23ClN2O. The van der Waals surface area contributed by atoms with Crippen LogP contribution < -0.4 is 10.6 Å². The van der Waals surface area contributed by atoms with E-state index in [2.05, 4.69) is 13.8 Å². The molecule has 2 unspecified atom stereocenters. The molecule has 0 spiro atoms. The number of amides is 1. The molecular weight excluding hydrogens is 272 g/mol. The smallest absolute Gasteiger partial charge is 0.230 e. The number of fused-ring (bicyclic) bond motifs is 1. The molecule has 0 aromatic heterocycles. The molecule has 1 aliphatic heterocycles. The number of nitrogens with zero attached hydrogens (tertiary/aromatic N) is 1. The molecule has 110 valence electrons. The van der Waals surface area contributed by atoms with Gasteiger partial charge in [0, 0.05) is 23.8 Å². The van der Waals surface area contributed by atoms with Crippen LogP contribution in [0.15, 0.2) is 18.2 Å². The zero-order valence-electron chi connectivity index (χ0n) is 12.2. The van der Waals surface area contributed by atoms with Gasteiger partial charge >= 0.3 is 0 Å². The van der Waals surface area contributed by atoms with Crippen LogP contribution in [0.3, 0.4) is 0 Å². The minimum Gasteiger partial charge on any atom is -0.398 e. The van der Waals surface area contributed by atoms with Gasteiger partial charge in [0.2, 0.25) is 5.91 Å². The van der Waals surface area contributed by atoms with Crippen molar-refractivity contribution in [2.24, 2.45) is 11.3 Å². The number of carbonyl (C=O) groups excluding carboxylic acids is 1. The first kappa shape index (κ1) is 15.2. The van der Waals surface area contributed by atoms with E-state index < -0.39 is 0 Å². The van der Waals surface area contributed by atoms with Crippen LogP contribution >= 0.6 is 12.4 Å². The Morgan fingerprint density at radius 1 is 1.50 bits per heavy atom. The highest BCUT2D eigenvalue weighted by Gasteiger charge is 2.54. The van der Waals surface area contributed by atoms with Gasteiger partial charge < -0.3 is 10.6 Å². The predicted octanol–water partition coefficient (Wildman–Crippen LogP) is 3.41. The zero-order valence-corrected chi connectivity index (χ0v) is 13.0. The highest BCUT2D eigenvalue weighted by Crippen LogP contribution is 2.56. The normalized spacial score (nSPS) is 27.5. The molecule has 3 rings (SSSR count). The van der Waals surface area contributed by atoms with Crippen LogP contribution in [-0.2, 0) is 11.2 Å². The van der Waals surface area contributed by atoms with Crippen LogP contribution in [0.5, 0.6) is 0 Å². The third kappa shape index (κ3) is 2.28. The fraction of sp³-hybridized carbons (Fsp3) is 0.562. The average Bonchev–Trinajstić information content (AvgIpc) is 3.11. The van der Waals surface area contributed by atoms with Crippen molar-refractivity contribution in [1.29, 1.82) is 0 Å². The Morgan fingerprint density at radius 3 is 2.90 bits per heavy atom. The molecule has 1 aromatic rings. The maximum Gasteiger partial charge on any atom is 0.230 e. The predicted molar refractivity (Wildman–Crippen MR) is 85.3 cm³/mol. The third-order valence-electron chi connectivity index (χ3n) is 5.01. The number of nitrogens with two attached hydrogens (primary N) is 1. The molecule has 1 saturated carbocycles. The summed E-state index contributed by atoms with van der Waals surface area (Å²) in [4.78, 5) is 14.7. The van der Waals surface area contributed by atoms with E-state index in [-0.39, 0.29) is 23.7 Å². The number of rotatable bonds is 2. The average molecular weight is 295 g/mol. The molecule has 1 fully saturated rings. The van der Waals surface area contributed by atoms with Crippen molar-refractivity contribution in [3.05, 3.63) is 23.8 Å². The van der Waals surface area contributed by atoms with Gasteiger partial charge in [0.05, 0.1) is 0 Å². The fourth-order valence-electron chi connectivity index (χ4n) is 3.25. The lowest BCUT2D eigenvalue weighted by molar-refractivity contribution is -0.120. The molecule has 2 atom stereocenters. The number of halogens is 1. The minimum absolute atomic E-state index is 0. The number of hydrogen-bond acceptors (Lipinski definition) is 2. The summed E-state index contributed by atoms with van der Waals surface area (Å²) in [5.74, 6) is 0.515. The standard InChI is InChI=1S/C16H22N2O.ClH/c1-3-16(2)10-12(16)15(19)18-9-5-6-11-13(17)7-4-8-14(11)18;/h4,7-8,12H,3,5-6,9-10,17H2,1-2H3;1H. The Kier molecular flexibility index (Phi) is 4.01. The van der Waals surface area contributed by atoms with Gasteiger partial charge in [-0.15, -0.1) is 12.4 Å². The number of hydrogen-bond donors (Lipinski definition) is 1. The molecule has 4 heteroatoms. The Balaban J connectivity index is 0.00000147. The highest BCUT2D eigenvalue weighted by atomic mass is 35.5. The molecule has 0 bridgehead atoms. The summed E-state index contributed by atoms with van der Waals surface area (Å²) in [5.41, 5.74) is 9.29. The maximum atomic E-state index is 12.7. The van der Waals surface area contributed by atoms with Crippen molar-refractivity contribution in [3.63, 3.8) is 0 Å². The fourth-order valence-corrected chi connectivity index (χ4v) is 3.25. The second-order valence-corrected chi connectivity index (χ2v) is 6.20. The summed E-state index contributed by atoms with van der Waals surface area (Å²) in [6.45, 7) is 5.24. The molecule has 1 heterocycles. The Morgan fingerprint density at radius 2 is 2.25 bits per heavy atom. The number of benzene rings is 1. The molecule has 2 aliphatic rings. The molecule has 1 aliphatic carbocycles. The second kappa shape index (κ2) is 5.28. The largest absolute Gasteiger partial charge is 0.398 e. The van der Waals surface area contributed by atoms with Crippen LogP contribution in [0, 0.1) is 11.3 Å². The van der Waals surface area contributed by atoms with Gasteiger partial charge in [-0.25, -0.2) is 0 Å². The molecule has 1 aromatic carbocycles. The monoisotopic (exact) mass is 294 g/mol. The van der Waals surface area contributed by atoms with Crippen molar-refractivity contribution in [2.75, 3.05) is 17.2 Å². The first-order valence-electron chi connectivity index (χ1n) is 7.25. The van der Waals surface area contributed by atoms with Gasteiger partial charge in [0.25, 0.3) is 0 Å². The SMILES string of the molecule is CCC1(C)CC1C(=O)N1CCCc2c(N)cccc21.Cl. The van der Waals surface area contributed by atoms with E-state index in [1.54, 1.807) is 0 Å². The molecule has 0 saturated heterocycles. The van der Waals surface area contributed by atoms with Crippen molar-refractivity contribution >= 4 is 29.7 Å². The first-order chi connectivity index (χ1) is 9.07. The van der Waals surface area contributed by atoms with Gasteiger partial charge in [-0.1, -0.05) is 19.9 Å². The van der Waals surface area contributed by atoms with Crippen LogP contribution in [0.25, 0.3) is 0 Å². The van der Waals surface area contributed by atoms with Crippen LogP contribution in [0.2, 0.25) is 0 Å². The van der Waals surface area contributed by atoms with E-state index in [4.69, 9.17) is 5.73 Å². The van der Waals surface area contributed by atoms with E-state index in [1.807, 2.05) is 23.1 Å². The lowest BCUT2D eigenvalue weighted by Crippen LogP contribution is -2.37. The molecule has 0 radical (unpaired) electrons. The maximum absolute atomic E-state index is 12.7. The van der Waals surface area contributed by atoms with E-state index >= 15 is 0 Å². The van der Waals surface area contributed by atoms with Crippen molar-refractivity contribution in [2.45, 2.75) is 39.5 Å². The minimum atomic E-state index is 0. The second-order valence-electron chi connectivity index (χ2n) is 6.20. The highest BCUT2D eigenvalue weighted by molar-refractivity contribution is 5.99. The van der Waals surface area contributed by atoms with E-state index in [0.29, 0.717) is 5.91 Å². The number of nitrogen functional groups attached to an aromatic ring is 1. The van der Waals surface area contributed by atoms with Gasteiger partial charge in [0.15, 0.2) is 0 Å². The first-order valence-corrected chi connectivity index (χ1v) is 7.25. The van der Waals surface area contributed by atoms with Crippen molar-refractivity contribution < 1.29 is 4.79 Å². The summed E-state index contributed by atoms with van der Waals surface area (Å²) in [7, 11) is 0. The van der Waals surface area contributed by atoms with Gasteiger partial charge in [-0.05, 0) is 48.8 Å². The summed E-state index contributed by atoms with van der Waals surface area (Å²) < 4.78 is 0. The quantitative estimate of drug-likeness (QED) is 0.850. The third-order valence-corrected chi connectivity index (χ3v) is 5.01. The summed E-state index contributed by atoms with van der Waals surface area (Å²) in [6, 6.07) is 5.92. The summed E-state index contributed by atoms with van der Waals surface area (Å²) in [5, 5.41) is 0. The van der Waals surface area contributed by atoms with Crippen LogP contribution in [-0.4, -0.2) is 12.5 Å². The van der Waals surface area contributed by atoms with Crippen LogP contribution in [0.4, 0.5) is 11.4 Å². The lowest BCUT2D eigenvalue weighted by Gasteiger charge is -2.31. The molecule has 3 nitrogen and oxygen atoms in total. The van der Waals surface area contributed by atoms with Gasteiger partial charge in [-0.3, -0.25) is 4.79 Å². The van der Waals surface area contributed by atoms with Crippen LogP contribution in [0.1, 0.15) is 38.7 Å². The lowest BCUT2D eigenvalue weighted by atomic mass is 9.98. The molecule has 2 N–H and O–H groups in total. The Labute approximate surface area is 126 Å². The van der Waals surface area contributed by atoms with E-state index in [0.717, 1.165) is 49.2 Å². The number of carbonyl (C=O) groups is 1. The van der Waals surface area contributed by atoms with Crippen molar-refractivity contribution in [3.8, 4) is 0 Å². The van der Waals surface area contributed by atoms with E-state index in [1.165, 1.54) is 0 Å². The summed E-state index contributed by atoms with van der Waals surface area (Å²) >= 11 is 0. The van der Waals surface area contributed by atoms with Crippen molar-refractivity contribution in [1.82, 2.24) is 0 Å². The zero-order chi connectivity index (χ0) is 13.6. The topological polar surface area (TPSA) is 46.3 Å².